The van der Waals surface area contributed by atoms with E-state index in [4.69, 9.17) is 29.6 Å². The summed E-state index contributed by atoms with van der Waals surface area (Å²) in [7, 11) is 0. The molecule has 2 rings (SSSR count). The Morgan fingerprint density at radius 3 is 2.72 bits per heavy atom. The van der Waals surface area contributed by atoms with Crippen LogP contribution in [0.4, 0.5) is 5.69 Å². The molecule has 0 heterocycles. The molecule has 1 aliphatic carbocycles. The topological polar surface area (TPSA) is 38.0 Å². The zero-order chi connectivity index (χ0) is 13.3. The molecule has 3 N–H and O–H groups in total. The average Bonchev–Trinajstić information content (AvgIpc) is 2.61. The van der Waals surface area contributed by atoms with Crippen molar-refractivity contribution in [3.05, 3.63) is 28.8 Å². The highest BCUT2D eigenvalue weighted by atomic mass is 35.5. The van der Waals surface area contributed by atoms with Crippen molar-refractivity contribution in [1.29, 1.82) is 0 Å². The molecule has 1 fully saturated rings. The normalized spacial score (nSPS) is 21.8. The number of benzene rings is 1. The van der Waals surface area contributed by atoms with E-state index in [-0.39, 0.29) is 0 Å². The first-order chi connectivity index (χ1) is 8.37. The van der Waals surface area contributed by atoms with Crippen molar-refractivity contribution in [3.8, 4) is 0 Å². The van der Waals surface area contributed by atoms with E-state index < -0.39 is 0 Å². The zero-order valence-corrected chi connectivity index (χ0v) is 12.4. The number of anilines is 1. The van der Waals surface area contributed by atoms with Crippen molar-refractivity contribution in [3.63, 3.8) is 0 Å². The highest BCUT2D eigenvalue weighted by Crippen LogP contribution is 2.39. The van der Waals surface area contributed by atoms with E-state index in [1.165, 1.54) is 19.3 Å². The molecule has 1 saturated carbocycles. The number of rotatable bonds is 3. The van der Waals surface area contributed by atoms with Gasteiger partial charge in [-0.05, 0) is 42.9 Å². The van der Waals surface area contributed by atoms with E-state index >= 15 is 0 Å². The fourth-order valence-electron chi connectivity index (χ4n) is 2.56. The van der Waals surface area contributed by atoms with E-state index in [1.54, 1.807) is 0 Å². The minimum absolute atomic E-state index is 0.380. The van der Waals surface area contributed by atoms with Gasteiger partial charge in [0.1, 0.15) is 4.99 Å². The maximum Gasteiger partial charge on any atom is 0.104 e. The highest BCUT2D eigenvalue weighted by Gasteiger charge is 2.30. The van der Waals surface area contributed by atoms with Crippen LogP contribution in [0.1, 0.15) is 38.7 Å². The monoisotopic (exact) mass is 282 g/mol. The molecule has 18 heavy (non-hydrogen) atoms. The van der Waals surface area contributed by atoms with Crippen LogP contribution in [-0.4, -0.2) is 11.0 Å². The van der Waals surface area contributed by atoms with Crippen LogP contribution < -0.4 is 11.1 Å². The van der Waals surface area contributed by atoms with Crippen molar-refractivity contribution in [2.75, 3.05) is 5.32 Å². The number of thiocarbonyl (C=S) groups is 1. The summed E-state index contributed by atoms with van der Waals surface area (Å²) in [5, 5.41) is 4.20. The zero-order valence-electron chi connectivity index (χ0n) is 10.8. The summed E-state index contributed by atoms with van der Waals surface area (Å²) >= 11 is 11.2. The fourth-order valence-corrected chi connectivity index (χ4v) is 2.93. The van der Waals surface area contributed by atoms with Gasteiger partial charge in [0, 0.05) is 11.6 Å². The molecule has 0 spiro atoms. The second kappa shape index (κ2) is 5.06. The van der Waals surface area contributed by atoms with Crippen molar-refractivity contribution in [2.24, 2.45) is 11.1 Å². The van der Waals surface area contributed by atoms with Gasteiger partial charge in [-0.25, -0.2) is 0 Å². The summed E-state index contributed by atoms with van der Waals surface area (Å²) in [5.41, 5.74) is 7.80. The molecule has 1 aliphatic rings. The van der Waals surface area contributed by atoms with Crippen molar-refractivity contribution < 1.29 is 0 Å². The van der Waals surface area contributed by atoms with Gasteiger partial charge in [-0.1, -0.05) is 37.7 Å². The maximum absolute atomic E-state index is 6.25. The molecule has 98 valence electrons. The Morgan fingerprint density at radius 1 is 1.50 bits per heavy atom. The summed E-state index contributed by atoms with van der Waals surface area (Å²) < 4.78 is 0. The third-order valence-corrected chi connectivity index (χ3v) is 4.13. The van der Waals surface area contributed by atoms with Crippen LogP contribution >= 0.6 is 23.8 Å². The van der Waals surface area contributed by atoms with E-state index in [2.05, 4.69) is 19.2 Å². The molecule has 0 aliphatic heterocycles. The molecule has 4 heteroatoms. The SMILES string of the molecule is CC1(C)CCC(Nc2ccc(C(N)=S)cc2Cl)C1. The summed E-state index contributed by atoms with van der Waals surface area (Å²) in [6.45, 7) is 4.62. The third-order valence-electron chi connectivity index (χ3n) is 3.58. The first kappa shape index (κ1) is 13.6. The maximum atomic E-state index is 6.25. The molecule has 1 aromatic carbocycles. The number of nitrogens with two attached hydrogens (primary N) is 1. The molecule has 1 unspecified atom stereocenters. The van der Waals surface area contributed by atoms with E-state index in [1.807, 2.05) is 18.2 Å². The van der Waals surface area contributed by atoms with Crippen molar-refractivity contribution in [2.45, 2.75) is 39.2 Å². The second-order valence-electron chi connectivity index (χ2n) is 5.81. The summed E-state index contributed by atoms with van der Waals surface area (Å²) in [5.74, 6) is 0. The highest BCUT2D eigenvalue weighted by molar-refractivity contribution is 7.80. The smallest absolute Gasteiger partial charge is 0.104 e. The van der Waals surface area contributed by atoms with Crippen LogP contribution in [0, 0.1) is 5.41 Å². The molecular weight excluding hydrogens is 264 g/mol. The minimum atomic E-state index is 0.380. The largest absolute Gasteiger partial charge is 0.389 e. The minimum Gasteiger partial charge on any atom is -0.389 e. The van der Waals surface area contributed by atoms with Gasteiger partial charge in [-0.15, -0.1) is 0 Å². The molecule has 0 radical (unpaired) electrons. The number of hydrogen-bond acceptors (Lipinski definition) is 2. The standard InChI is InChI=1S/C14H19ClN2S/c1-14(2)6-5-10(8-14)17-12-4-3-9(13(16)18)7-11(12)15/h3-4,7,10,17H,5-6,8H2,1-2H3,(H2,16,18). The van der Waals surface area contributed by atoms with Crippen LogP contribution in [0.15, 0.2) is 18.2 Å². The van der Waals surface area contributed by atoms with Gasteiger partial charge in [0.25, 0.3) is 0 Å². The van der Waals surface area contributed by atoms with E-state index in [0.717, 1.165) is 11.3 Å². The lowest BCUT2D eigenvalue weighted by Gasteiger charge is -2.19. The summed E-state index contributed by atoms with van der Waals surface area (Å²) in [6, 6.07) is 6.21. The molecule has 2 nitrogen and oxygen atoms in total. The summed E-state index contributed by atoms with van der Waals surface area (Å²) in [6.07, 6.45) is 3.63. The Balaban J connectivity index is 2.09. The molecule has 0 amide bonds. The first-order valence-corrected chi connectivity index (χ1v) is 7.02. The van der Waals surface area contributed by atoms with Gasteiger partial charge in [-0.3, -0.25) is 0 Å². The molecular formula is C14H19ClN2S. The Bertz CT molecular complexity index is 471. The van der Waals surface area contributed by atoms with Crippen LogP contribution in [0.3, 0.4) is 0 Å². The fraction of sp³-hybridized carbons (Fsp3) is 0.500. The Hall–Kier alpha value is -0.800. The lowest BCUT2D eigenvalue weighted by atomic mass is 9.92. The number of nitrogens with one attached hydrogen (secondary N) is 1. The van der Waals surface area contributed by atoms with E-state index in [0.29, 0.717) is 21.5 Å². The average molecular weight is 283 g/mol. The number of hydrogen-bond donors (Lipinski definition) is 2. The Labute approximate surface area is 119 Å². The lowest BCUT2D eigenvalue weighted by molar-refractivity contribution is 0.378. The van der Waals surface area contributed by atoms with Crippen molar-refractivity contribution >= 4 is 34.5 Å². The van der Waals surface area contributed by atoms with Crippen molar-refractivity contribution in [1.82, 2.24) is 0 Å². The van der Waals surface area contributed by atoms with Gasteiger partial charge < -0.3 is 11.1 Å². The molecule has 1 atom stereocenters. The predicted octanol–water partition coefficient (Wildman–Crippen LogP) is 3.96. The van der Waals surface area contributed by atoms with Crippen LogP contribution in [0.5, 0.6) is 0 Å². The van der Waals surface area contributed by atoms with E-state index in [9.17, 15) is 0 Å². The van der Waals surface area contributed by atoms with Gasteiger partial charge >= 0.3 is 0 Å². The third kappa shape index (κ3) is 3.15. The molecule has 1 aromatic rings. The van der Waals surface area contributed by atoms with Crippen LogP contribution in [0.2, 0.25) is 5.02 Å². The second-order valence-corrected chi connectivity index (χ2v) is 6.65. The Kier molecular flexibility index (Phi) is 3.83. The summed E-state index contributed by atoms with van der Waals surface area (Å²) in [4.78, 5) is 0.380. The number of halogens is 1. The molecule has 0 aromatic heterocycles. The quantitative estimate of drug-likeness (QED) is 0.824. The van der Waals surface area contributed by atoms with Gasteiger partial charge in [-0.2, -0.15) is 0 Å². The molecule has 0 saturated heterocycles. The van der Waals surface area contributed by atoms with Gasteiger partial charge in [0.2, 0.25) is 0 Å². The van der Waals surface area contributed by atoms with Gasteiger partial charge in [0.15, 0.2) is 0 Å². The van der Waals surface area contributed by atoms with Gasteiger partial charge in [0.05, 0.1) is 10.7 Å². The van der Waals surface area contributed by atoms with Crippen LogP contribution in [0.25, 0.3) is 0 Å². The Morgan fingerprint density at radius 2 is 2.22 bits per heavy atom. The van der Waals surface area contributed by atoms with Crippen LogP contribution in [-0.2, 0) is 0 Å². The molecule has 0 bridgehead atoms. The predicted molar refractivity (Wildman–Crippen MR) is 82.4 cm³/mol. The lowest BCUT2D eigenvalue weighted by Crippen LogP contribution is -2.18. The first-order valence-electron chi connectivity index (χ1n) is 6.23.